The van der Waals surface area contributed by atoms with Crippen LogP contribution in [0.5, 0.6) is 0 Å². The highest BCUT2D eigenvalue weighted by atomic mass is 35.5. The molecule has 4 aliphatic heterocycles. The van der Waals surface area contributed by atoms with Crippen LogP contribution < -0.4 is 16.0 Å². The van der Waals surface area contributed by atoms with Gasteiger partial charge in [0.2, 0.25) is 35.4 Å². The molecule has 0 radical (unpaired) electrons. The molecule has 0 spiro atoms. The van der Waals surface area contributed by atoms with E-state index in [-0.39, 0.29) is 61.2 Å². The van der Waals surface area contributed by atoms with Crippen LogP contribution in [0.1, 0.15) is 44.7 Å². The van der Waals surface area contributed by atoms with E-state index in [2.05, 4.69) is 16.0 Å². The number of aliphatic hydroxyl groups excluding tert-OH is 1. The number of halogens is 4. The average Bonchev–Trinajstić information content (AvgIpc) is 3.78. The van der Waals surface area contributed by atoms with E-state index in [0.717, 1.165) is 23.1 Å². The molecular formula is C40H46ClF3N6O10. The van der Waals surface area contributed by atoms with Crippen molar-refractivity contribution in [2.45, 2.75) is 94.9 Å². The van der Waals surface area contributed by atoms with Crippen molar-refractivity contribution in [2.75, 3.05) is 32.8 Å². The van der Waals surface area contributed by atoms with Gasteiger partial charge in [-0.1, -0.05) is 24.6 Å². The smallest absolute Gasteiger partial charge is 0.329 e. The summed E-state index contributed by atoms with van der Waals surface area (Å²) in [5, 5.41) is 18.5. The van der Waals surface area contributed by atoms with Crippen LogP contribution in [0.2, 0.25) is 5.02 Å². The van der Waals surface area contributed by atoms with Crippen LogP contribution in [0, 0.1) is 23.4 Å². The Kier molecular flexibility index (Phi) is 13.7. The second-order valence-electron chi connectivity index (χ2n) is 15.7. The van der Waals surface area contributed by atoms with Crippen molar-refractivity contribution in [3.63, 3.8) is 0 Å². The standard InChI is InChI=1S/C40H46ClF3N6O10/c1-19-8-31-40(58)60-21(3)34(47-35(53)29(11-22-9-25(42)14-26(43)10-22)46-33(52)12-23-4-5-24(41)13-28(23)44)39(57)50-17-27(51)15-30(50)38(56)48-6-7-59-18-32(48)36(54)45-20(2)37(55)49(31)16-19/h4-5,9-10,13-14,19-21,27,29-32,34,51H,6-8,11-12,15-18H2,1-3H3,(H,45,54)(H,46,52)(H,47,53)/t19-,20+,21+,27-,29+,30+,31+,32+,34+/m1/s1. The molecule has 0 aliphatic carbocycles. The number of fused-ring (bicyclic) bond motifs is 3. The number of carbonyl (C=O) groups excluding carboxylic acids is 7. The first-order valence-corrected chi connectivity index (χ1v) is 19.9. The van der Waals surface area contributed by atoms with Gasteiger partial charge < -0.3 is 45.2 Å². The molecule has 16 nitrogen and oxygen atoms in total. The van der Waals surface area contributed by atoms with Crippen molar-refractivity contribution in [1.82, 2.24) is 30.7 Å². The third-order valence-corrected chi connectivity index (χ3v) is 11.3. The summed E-state index contributed by atoms with van der Waals surface area (Å²) in [5.74, 6) is -8.97. The fourth-order valence-corrected chi connectivity index (χ4v) is 8.26. The number of aliphatic hydroxyl groups is 1. The van der Waals surface area contributed by atoms with E-state index in [1.54, 1.807) is 6.92 Å². The molecule has 20 heteroatoms. The maximum atomic E-state index is 14.7. The predicted molar refractivity (Wildman–Crippen MR) is 204 cm³/mol. The van der Waals surface area contributed by atoms with Gasteiger partial charge in [0.05, 0.1) is 25.7 Å². The Morgan fingerprint density at radius 3 is 2.30 bits per heavy atom. The number of esters is 1. The molecule has 4 aliphatic rings. The lowest BCUT2D eigenvalue weighted by Crippen LogP contribution is -2.64. The SMILES string of the molecule is C[C@@H]1C[C@H]2C(=O)O[C@@H](C)[C@H](NC(=O)[C@H](Cc3cc(F)cc(F)c3)NC(=O)Cc3ccc(Cl)cc3F)C(=O)N3C[C@H](O)C[C@H]3C(=O)N3CCOC[C@H]3C(=O)N[C@@H](C)C(=O)N2C1. The van der Waals surface area contributed by atoms with E-state index >= 15 is 0 Å². The predicted octanol–water partition coefficient (Wildman–Crippen LogP) is 0.388. The molecule has 4 N–H and O–H groups in total. The molecule has 0 saturated carbocycles. The van der Waals surface area contributed by atoms with Gasteiger partial charge >= 0.3 is 5.97 Å². The number of carbonyl (C=O) groups is 7. The number of hydrogen-bond acceptors (Lipinski definition) is 10. The van der Waals surface area contributed by atoms with Gasteiger partial charge in [0.15, 0.2) is 0 Å². The Balaban J connectivity index is 1.36. The highest BCUT2D eigenvalue weighted by Crippen LogP contribution is 2.28. The van der Waals surface area contributed by atoms with E-state index in [1.165, 1.54) is 35.8 Å². The summed E-state index contributed by atoms with van der Waals surface area (Å²) in [6, 6.07) is -2.36. The Labute approximate surface area is 348 Å². The fraction of sp³-hybridized carbons (Fsp3) is 0.525. The van der Waals surface area contributed by atoms with E-state index < -0.39 is 127 Å². The van der Waals surface area contributed by atoms with Gasteiger partial charge in [0.1, 0.15) is 59.8 Å². The van der Waals surface area contributed by atoms with Gasteiger partial charge in [-0.25, -0.2) is 18.0 Å². The van der Waals surface area contributed by atoms with Crippen LogP contribution in [-0.2, 0) is 55.9 Å². The van der Waals surface area contributed by atoms with Gasteiger partial charge in [-0.2, -0.15) is 0 Å². The maximum absolute atomic E-state index is 14.7. The molecule has 4 saturated heterocycles. The van der Waals surface area contributed by atoms with Crippen molar-refractivity contribution in [2.24, 2.45) is 5.92 Å². The van der Waals surface area contributed by atoms with E-state index in [4.69, 9.17) is 21.1 Å². The summed E-state index contributed by atoms with van der Waals surface area (Å²) in [5.41, 5.74) is -0.172. The minimum atomic E-state index is -1.82. The van der Waals surface area contributed by atoms with E-state index in [1.807, 2.05) is 0 Å². The highest BCUT2D eigenvalue weighted by molar-refractivity contribution is 6.30. The number of morpholine rings is 1. The first kappa shape index (κ1) is 44.3. The molecule has 6 amide bonds. The van der Waals surface area contributed by atoms with Crippen LogP contribution in [0.25, 0.3) is 0 Å². The van der Waals surface area contributed by atoms with Crippen LogP contribution in [-0.4, -0.2) is 143 Å². The molecule has 0 unspecified atom stereocenters. The van der Waals surface area contributed by atoms with Crippen LogP contribution in [0.3, 0.4) is 0 Å². The molecule has 60 heavy (non-hydrogen) atoms. The Morgan fingerprint density at radius 2 is 1.60 bits per heavy atom. The summed E-state index contributed by atoms with van der Waals surface area (Å²) < 4.78 is 54.6. The summed E-state index contributed by atoms with van der Waals surface area (Å²) >= 11 is 5.85. The Morgan fingerprint density at radius 1 is 0.900 bits per heavy atom. The van der Waals surface area contributed by atoms with Crippen molar-refractivity contribution in [1.29, 1.82) is 0 Å². The second kappa shape index (κ2) is 18.6. The van der Waals surface area contributed by atoms with Crippen molar-refractivity contribution in [3.8, 4) is 0 Å². The first-order valence-electron chi connectivity index (χ1n) is 19.6. The lowest BCUT2D eigenvalue weighted by Gasteiger charge is -2.39. The van der Waals surface area contributed by atoms with Crippen molar-refractivity contribution in [3.05, 3.63) is 70.0 Å². The van der Waals surface area contributed by atoms with Gasteiger partial charge in [-0.15, -0.1) is 0 Å². The molecule has 9 atom stereocenters. The Bertz CT molecular complexity index is 2030. The molecule has 4 fully saturated rings. The molecule has 0 bridgehead atoms. The lowest BCUT2D eigenvalue weighted by atomic mass is 10.0. The van der Waals surface area contributed by atoms with Crippen LogP contribution in [0.4, 0.5) is 13.2 Å². The maximum Gasteiger partial charge on any atom is 0.329 e. The number of nitrogens with zero attached hydrogens (tertiary/aromatic N) is 3. The number of benzene rings is 2. The summed E-state index contributed by atoms with van der Waals surface area (Å²) in [6.07, 6.45) is -3.99. The zero-order valence-electron chi connectivity index (χ0n) is 33.0. The largest absolute Gasteiger partial charge is 0.458 e. The van der Waals surface area contributed by atoms with E-state index in [9.17, 15) is 51.8 Å². The molecular weight excluding hydrogens is 817 g/mol. The average molecular weight is 863 g/mol. The van der Waals surface area contributed by atoms with E-state index in [0.29, 0.717) is 6.07 Å². The summed E-state index contributed by atoms with van der Waals surface area (Å²) in [7, 11) is 0. The third kappa shape index (κ3) is 10.0. The minimum absolute atomic E-state index is 0.0409. The number of hydrogen-bond donors (Lipinski definition) is 4. The van der Waals surface area contributed by atoms with Crippen LogP contribution >= 0.6 is 11.6 Å². The topological polar surface area (TPSA) is 204 Å². The van der Waals surface area contributed by atoms with Crippen molar-refractivity contribution >= 4 is 53.0 Å². The van der Waals surface area contributed by atoms with Gasteiger partial charge in [-0.3, -0.25) is 28.8 Å². The number of nitrogens with one attached hydrogen (secondary N) is 3. The molecule has 2 aromatic rings. The molecule has 0 aromatic heterocycles. The quantitative estimate of drug-likeness (QED) is 0.282. The number of amides is 6. The molecule has 324 valence electrons. The number of ether oxygens (including phenoxy) is 2. The van der Waals surface area contributed by atoms with Gasteiger partial charge in [-0.05, 0) is 61.6 Å². The zero-order valence-corrected chi connectivity index (χ0v) is 33.8. The summed E-state index contributed by atoms with van der Waals surface area (Å²) in [4.78, 5) is 101. The van der Waals surface area contributed by atoms with Gasteiger partial charge in [0, 0.05) is 43.6 Å². The summed E-state index contributed by atoms with van der Waals surface area (Å²) in [6.45, 7) is 3.98. The normalized spacial score (nSPS) is 28.3. The fourth-order valence-electron chi connectivity index (χ4n) is 8.10. The highest BCUT2D eigenvalue weighted by Gasteiger charge is 2.49. The Hall–Kier alpha value is -5.27. The molecule has 2 aromatic carbocycles. The van der Waals surface area contributed by atoms with Gasteiger partial charge in [0.25, 0.3) is 0 Å². The lowest BCUT2D eigenvalue weighted by molar-refractivity contribution is -0.164. The zero-order chi connectivity index (χ0) is 43.6. The monoisotopic (exact) mass is 862 g/mol. The van der Waals surface area contributed by atoms with Crippen LogP contribution in [0.15, 0.2) is 36.4 Å². The third-order valence-electron chi connectivity index (χ3n) is 11.1. The second-order valence-corrected chi connectivity index (χ2v) is 16.2. The molecule has 4 heterocycles. The molecule has 6 rings (SSSR count). The number of rotatable bonds is 7. The first-order chi connectivity index (χ1) is 28.4. The number of cyclic esters (lactones) is 1. The minimum Gasteiger partial charge on any atom is -0.458 e. The van der Waals surface area contributed by atoms with Crippen molar-refractivity contribution < 1.29 is 61.3 Å².